The van der Waals surface area contributed by atoms with E-state index in [-0.39, 0.29) is 17.9 Å². The number of esters is 1. The minimum Gasteiger partial charge on any atom is -0.508 e. The summed E-state index contributed by atoms with van der Waals surface area (Å²) in [5.41, 5.74) is 0. The summed E-state index contributed by atoms with van der Waals surface area (Å²) in [4.78, 5) is 11.5. The third kappa shape index (κ3) is 5.07. The number of carbonyl (C=O) groups is 1. The summed E-state index contributed by atoms with van der Waals surface area (Å²) in [6, 6.07) is 2.01. The molecular formula is C14H20O5. The monoisotopic (exact) mass is 268 g/mol. The molecule has 19 heavy (non-hydrogen) atoms. The Bertz CT molecular complexity index is 405. The van der Waals surface area contributed by atoms with Gasteiger partial charge in [0.05, 0.1) is 0 Å². The van der Waals surface area contributed by atoms with Crippen molar-refractivity contribution < 1.29 is 24.9 Å². The lowest BCUT2D eigenvalue weighted by Gasteiger charge is -2.08. The lowest BCUT2D eigenvalue weighted by molar-refractivity contribution is -0.134. The normalized spacial score (nSPS) is 10.4. The molecule has 0 saturated carbocycles. The Morgan fingerprint density at radius 1 is 1.05 bits per heavy atom. The van der Waals surface area contributed by atoms with Gasteiger partial charge in [-0.25, -0.2) is 0 Å². The van der Waals surface area contributed by atoms with Gasteiger partial charge < -0.3 is 20.1 Å². The fraction of sp³-hybridized carbons (Fsp3) is 0.500. The number of hydrogen-bond acceptors (Lipinski definition) is 5. The van der Waals surface area contributed by atoms with Crippen LogP contribution < -0.4 is 4.74 Å². The van der Waals surface area contributed by atoms with Crippen LogP contribution in [0.5, 0.6) is 23.0 Å². The third-order valence-electron chi connectivity index (χ3n) is 2.73. The summed E-state index contributed by atoms with van der Waals surface area (Å²) < 4.78 is 4.89. The number of phenols is 3. The summed E-state index contributed by atoms with van der Waals surface area (Å²) in [6.07, 6.45) is 5.28. The van der Waals surface area contributed by atoms with Crippen molar-refractivity contribution in [1.82, 2.24) is 0 Å². The number of rotatable bonds is 7. The lowest BCUT2D eigenvalue weighted by Crippen LogP contribution is -2.07. The largest absolute Gasteiger partial charge is 0.508 e. The number of hydrogen-bond donors (Lipinski definition) is 3. The van der Waals surface area contributed by atoms with Gasteiger partial charge in [-0.1, -0.05) is 32.6 Å². The fourth-order valence-corrected chi connectivity index (χ4v) is 1.73. The Kier molecular flexibility index (Phi) is 5.99. The molecule has 0 unspecified atom stereocenters. The molecule has 106 valence electrons. The van der Waals surface area contributed by atoms with Crippen molar-refractivity contribution >= 4 is 5.97 Å². The maximum atomic E-state index is 11.5. The standard InChI is InChI=1S/C14H20O5/c1-2-3-4-5-6-7-13(18)19-14-11(16)8-10(15)9-12(14)17/h8-9,15-17H,2-7H2,1H3. The maximum absolute atomic E-state index is 11.5. The Labute approximate surface area is 112 Å². The van der Waals surface area contributed by atoms with Crippen molar-refractivity contribution in [1.29, 1.82) is 0 Å². The number of phenolic OH excluding ortho intramolecular Hbond substituents is 3. The average molecular weight is 268 g/mol. The van der Waals surface area contributed by atoms with E-state index >= 15 is 0 Å². The molecule has 0 aliphatic carbocycles. The minimum absolute atomic E-state index is 0.240. The summed E-state index contributed by atoms with van der Waals surface area (Å²) in [6.45, 7) is 2.12. The van der Waals surface area contributed by atoms with Crippen molar-refractivity contribution in [2.45, 2.75) is 45.4 Å². The van der Waals surface area contributed by atoms with Crippen molar-refractivity contribution in [3.63, 3.8) is 0 Å². The molecule has 0 fully saturated rings. The van der Waals surface area contributed by atoms with E-state index in [0.717, 1.165) is 44.2 Å². The number of unbranched alkanes of at least 4 members (excludes halogenated alkanes) is 4. The lowest BCUT2D eigenvalue weighted by atomic mass is 10.1. The first-order valence-electron chi connectivity index (χ1n) is 6.50. The Morgan fingerprint density at radius 2 is 1.63 bits per heavy atom. The molecule has 0 amide bonds. The Hall–Kier alpha value is -1.91. The van der Waals surface area contributed by atoms with E-state index in [4.69, 9.17) is 9.84 Å². The average Bonchev–Trinajstić information content (AvgIpc) is 2.33. The predicted octanol–water partition coefficient (Wildman–Crippen LogP) is 3.07. The second-order valence-corrected chi connectivity index (χ2v) is 4.45. The molecule has 0 saturated heterocycles. The van der Waals surface area contributed by atoms with E-state index in [2.05, 4.69) is 6.92 Å². The van der Waals surface area contributed by atoms with Crippen LogP contribution in [-0.4, -0.2) is 21.3 Å². The van der Waals surface area contributed by atoms with Crippen molar-refractivity contribution in [2.75, 3.05) is 0 Å². The molecule has 5 heteroatoms. The third-order valence-corrected chi connectivity index (χ3v) is 2.73. The zero-order chi connectivity index (χ0) is 14.3. The van der Waals surface area contributed by atoms with Gasteiger partial charge in [0.15, 0.2) is 11.5 Å². The molecular weight excluding hydrogens is 248 g/mol. The molecule has 0 atom stereocenters. The summed E-state index contributed by atoms with van der Waals surface area (Å²) in [7, 11) is 0. The van der Waals surface area contributed by atoms with Crippen LogP contribution in [0, 0.1) is 0 Å². The fourth-order valence-electron chi connectivity index (χ4n) is 1.73. The van der Waals surface area contributed by atoms with Gasteiger partial charge in [0.2, 0.25) is 5.75 Å². The molecule has 0 radical (unpaired) electrons. The van der Waals surface area contributed by atoms with E-state index in [9.17, 15) is 15.0 Å². The van der Waals surface area contributed by atoms with Crippen LogP contribution in [0.3, 0.4) is 0 Å². The van der Waals surface area contributed by atoms with Gasteiger partial charge in [-0.3, -0.25) is 4.79 Å². The van der Waals surface area contributed by atoms with Gasteiger partial charge in [-0.05, 0) is 6.42 Å². The molecule has 0 aromatic heterocycles. The first-order valence-corrected chi connectivity index (χ1v) is 6.50. The van der Waals surface area contributed by atoms with E-state index in [1.54, 1.807) is 0 Å². The van der Waals surface area contributed by atoms with Gasteiger partial charge >= 0.3 is 5.97 Å². The minimum atomic E-state index is -0.507. The summed E-state index contributed by atoms with van der Waals surface area (Å²) in [5, 5.41) is 28.0. The van der Waals surface area contributed by atoms with Gasteiger partial charge in [0.1, 0.15) is 5.75 Å². The van der Waals surface area contributed by atoms with Crippen LogP contribution in [0.4, 0.5) is 0 Å². The summed E-state index contributed by atoms with van der Waals surface area (Å²) >= 11 is 0. The van der Waals surface area contributed by atoms with Gasteiger partial charge in [0.25, 0.3) is 0 Å². The van der Waals surface area contributed by atoms with Crippen molar-refractivity contribution in [2.24, 2.45) is 0 Å². The van der Waals surface area contributed by atoms with Crippen LogP contribution in [0.15, 0.2) is 12.1 Å². The topological polar surface area (TPSA) is 87.0 Å². The zero-order valence-corrected chi connectivity index (χ0v) is 11.1. The second-order valence-electron chi connectivity index (χ2n) is 4.45. The number of carbonyl (C=O) groups excluding carboxylic acids is 1. The molecule has 5 nitrogen and oxygen atoms in total. The first-order chi connectivity index (χ1) is 9.04. The molecule has 0 bridgehead atoms. The Morgan fingerprint density at radius 3 is 2.21 bits per heavy atom. The van der Waals surface area contributed by atoms with Gasteiger partial charge in [0, 0.05) is 18.6 Å². The van der Waals surface area contributed by atoms with Gasteiger partial charge in [-0.15, -0.1) is 0 Å². The first kappa shape index (κ1) is 15.1. The van der Waals surface area contributed by atoms with Crippen molar-refractivity contribution in [3.8, 4) is 23.0 Å². The molecule has 1 aromatic rings. The molecule has 0 aliphatic rings. The van der Waals surface area contributed by atoms with Crippen LogP contribution in [0.1, 0.15) is 45.4 Å². The maximum Gasteiger partial charge on any atom is 0.311 e. The molecule has 1 rings (SSSR count). The van der Waals surface area contributed by atoms with Crippen LogP contribution in [0.2, 0.25) is 0 Å². The predicted molar refractivity (Wildman–Crippen MR) is 70.4 cm³/mol. The van der Waals surface area contributed by atoms with E-state index in [0.29, 0.717) is 0 Å². The number of aromatic hydroxyl groups is 3. The van der Waals surface area contributed by atoms with Gasteiger partial charge in [-0.2, -0.15) is 0 Å². The molecule has 0 aliphatic heterocycles. The van der Waals surface area contributed by atoms with E-state index in [1.165, 1.54) is 0 Å². The quantitative estimate of drug-likeness (QED) is 0.402. The zero-order valence-electron chi connectivity index (χ0n) is 11.1. The second kappa shape index (κ2) is 7.51. The van der Waals surface area contributed by atoms with Crippen molar-refractivity contribution in [3.05, 3.63) is 12.1 Å². The van der Waals surface area contributed by atoms with Crippen LogP contribution in [-0.2, 0) is 4.79 Å². The van der Waals surface area contributed by atoms with Crippen LogP contribution in [0.25, 0.3) is 0 Å². The van der Waals surface area contributed by atoms with Crippen LogP contribution >= 0.6 is 0 Å². The summed E-state index contributed by atoms with van der Waals surface area (Å²) in [5.74, 6) is -2.04. The highest BCUT2D eigenvalue weighted by Crippen LogP contribution is 2.39. The molecule has 1 aromatic carbocycles. The Balaban J connectivity index is 2.44. The smallest absolute Gasteiger partial charge is 0.311 e. The molecule has 0 heterocycles. The molecule has 0 spiro atoms. The highest BCUT2D eigenvalue weighted by atomic mass is 16.5. The number of benzene rings is 1. The number of ether oxygens (including phenoxy) is 1. The van der Waals surface area contributed by atoms with E-state index < -0.39 is 17.5 Å². The highest BCUT2D eigenvalue weighted by molar-refractivity contribution is 5.74. The molecule has 3 N–H and O–H groups in total. The highest BCUT2D eigenvalue weighted by Gasteiger charge is 2.15. The van der Waals surface area contributed by atoms with E-state index in [1.807, 2.05) is 0 Å². The SMILES string of the molecule is CCCCCCCC(=O)Oc1c(O)cc(O)cc1O.